The van der Waals surface area contributed by atoms with Crippen molar-refractivity contribution in [2.24, 2.45) is 0 Å². The van der Waals surface area contributed by atoms with E-state index in [1.165, 1.54) is 6.07 Å². The van der Waals surface area contributed by atoms with Crippen molar-refractivity contribution in [1.29, 1.82) is 0 Å². The number of hydrogen-bond donors (Lipinski definition) is 2. The number of nitrogens with zero attached hydrogens (tertiary/aromatic N) is 2. The lowest BCUT2D eigenvalue weighted by Gasteiger charge is -2.12. The molecular weight excluding hydrogens is 373 g/mol. The minimum absolute atomic E-state index is 0. The van der Waals surface area contributed by atoms with E-state index in [1.807, 2.05) is 0 Å². The number of alkyl halides is 1. The molecule has 5 nitrogen and oxygen atoms in total. The lowest BCUT2D eigenvalue weighted by molar-refractivity contribution is -0.123. The van der Waals surface area contributed by atoms with Crippen LogP contribution in [0.1, 0.15) is 17.8 Å². The van der Waals surface area contributed by atoms with Gasteiger partial charge in [0, 0.05) is 31.9 Å². The summed E-state index contributed by atoms with van der Waals surface area (Å²) >= 11 is 0. The molecule has 1 amide bonds. The molecule has 2 heterocycles. The topological polar surface area (TPSA) is 59.0 Å². The molecule has 0 aliphatic carbocycles. The summed E-state index contributed by atoms with van der Waals surface area (Å²) in [7, 11) is 0. The highest BCUT2D eigenvalue weighted by molar-refractivity contribution is 5.85. The number of aryl methyl sites for hydroxylation is 1. The third kappa shape index (κ3) is 4.90. The van der Waals surface area contributed by atoms with Gasteiger partial charge in [0.2, 0.25) is 5.91 Å². The van der Waals surface area contributed by atoms with Gasteiger partial charge in [0.25, 0.3) is 0 Å². The number of aromatic nitrogens is 2. The van der Waals surface area contributed by atoms with Crippen LogP contribution in [0.3, 0.4) is 0 Å². The largest absolute Gasteiger partial charge is 0.351 e. The fourth-order valence-electron chi connectivity index (χ4n) is 2.69. The Balaban J connectivity index is 0.00000156. The minimum atomic E-state index is -0.985. The van der Waals surface area contributed by atoms with Crippen molar-refractivity contribution in [3.05, 3.63) is 47.8 Å². The van der Waals surface area contributed by atoms with Crippen LogP contribution in [0.2, 0.25) is 0 Å². The van der Waals surface area contributed by atoms with Crippen molar-refractivity contribution in [2.75, 3.05) is 6.54 Å². The zero-order valence-corrected chi connectivity index (χ0v) is 15.2. The molecule has 0 unspecified atom stereocenters. The van der Waals surface area contributed by atoms with Gasteiger partial charge in [0.1, 0.15) is 17.8 Å². The smallest absolute Gasteiger partial charge is 0.237 e. The molecule has 1 aromatic heterocycles. The van der Waals surface area contributed by atoms with Gasteiger partial charge in [-0.3, -0.25) is 4.79 Å². The van der Waals surface area contributed by atoms with Crippen LogP contribution in [0.15, 0.2) is 30.6 Å². The van der Waals surface area contributed by atoms with E-state index >= 15 is 0 Å². The second-order valence-electron chi connectivity index (χ2n) is 5.64. The van der Waals surface area contributed by atoms with Gasteiger partial charge in [-0.2, -0.15) is 0 Å². The molecule has 3 rings (SSSR count). The van der Waals surface area contributed by atoms with Crippen LogP contribution in [0.5, 0.6) is 0 Å². The van der Waals surface area contributed by atoms with Crippen molar-refractivity contribution in [1.82, 2.24) is 20.2 Å². The number of hydrogen-bond acceptors (Lipinski definition) is 3. The minimum Gasteiger partial charge on any atom is -0.351 e. The summed E-state index contributed by atoms with van der Waals surface area (Å²) in [5, 5.41) is 5.52. The van der Waals surface area contributed by atoms with Gasteiger partial charge in [-0.05, 0) is 24.6 Å². The summed E-state index contributed by atoms with van der Waals surface area (Å²) in [5.74, 6) is 0.0405. The zero-order valence-electron chi connectivity index (χ0n) is 13.5. The first-order chi connectivity index (χ1) is 11.0. The zero-order chi connectivity index (χ0) is 16.4. The number of amides is 1. The van der Waals surface area contributed by atoms with Crippen LogP contribution < -0.4 is 10.6 Å². The van der Waals surface area contributed by atoms with Gasteiger partial charge in [-0.1, -0.05) is 6.07 Å². The highest BCUT2D eigenvalue weighted by Crippen LogP contribution is 2.17. The highest BCUT2D eigenvalue weighted by atomic mass is 35.5. The van der Waals surface area contributed by atoms with Crippen LogP contribution in [0.4, 0.5) is 8.78 Å². The van der Waals surface area contributed by atoms with Crippen molar-refractivity contribution in [3.63, 3.8) is 0 Å². The molecule has 1 aliphatic rings. The maximum absolute atomic E-state index is 14.2. The van der Waals surface area contributed by atoms with Gasteiger partial charge in [-0.15, -0.1) is 24.8 Å². The standard InChI is InChI=1S/C16H18F2N4O.2ClH/c1-10-19-4-5-22(10)15-3-2-11(6-13(15)18)8-21-16(23)14-7-12(17)9-20-14;;/h2-6,12,14,20H,7-9H2,1H3,(H,21,23);2*1H/t12-,14+;;/m0../s1. The second-order valence-corrected chi connectivity index (χ2v) is 5.64. The van der Waals surface area contributed by atoms with Gasteiger partial charge in [-0.25, -0.2) is 13.8 Å². The third-order valence-corrected chi connectivity index (χ3v) is 3.96. The normalized spacial score (nSPS) is 19.0. The molecule has 2 atom stereocenters. The molecule has 9 heteroatoms. The predicted molar refractivity (Wildman–Crippen MR) is 95.9 cm³/mol. The van der Waals surface area contributed by atoms with E-state index in [-0.39, 0.29) is 56.0 Å². The SMILES string of the molecule is Cc1nccn1-c1ccc(CNC(=O)[C@H]2C[C@H](F)CN2)cc1F.Cl.Cl. The maximum Gasteiger partial charge on any atom is 0.237 e. The van der Waals surface area contributed by atoms with E-state index in [9.17, 15) is 13.6 Å². The number of carbonyl (C=O) groups is 1. The average Bonchev–Trinajstić information content (AvgIpc) is 3.14. The van der Waals surface area contributed by atoms with E-state index in [0.717, 1.165) is 0 Å². The Bertz CT molecular complexity index is 726. The van der Waals surface area contributed by atoms with Gasteiger partial charge in [0.05, 0.1) is 11.7 Å². The van der Waals surface area contributed by atoms with E-state index < -0.39 is 12.2 Å². The second kappa shape index (κ2) is 9.12. The Labute approximate surface area is 157 Å². The number of benzene rings is 1. The lowest BCUT2D eigenvalue weighted by atomic mass is 10.1. The van der Waals surface area contributed by atoms with E-state index in [2.05, 4.69) is 15.6 Å². The first kappa shape index (κ1) is 21.3. The van der Waals surface area contributed by atoms with Crippen molar-refractivity contribution < 1.29 is 13.6 Å². The number of halogens is 4. The molecule has 25 heavy (non-hydrogen) atoms. The fraction of sp³-hybridized carbons (Fsp3) is 0.375. The van der Waals surface area contributed by atoms with Crippen LogP contribution in [0, 0.1) is 12.7 Å². The molecule has 1 aromatic carbocycles. The van der Waals surface area contributed by atoms with Gasteiger partial charge >= 0.3 is 0 Å². The van der Waals surface area contributed by atoms with Crippen molar-refractivity contribution >= 4 is 30.7 Å². The molecule has 0 saturated carbocycles. The summed E-state index contributed by atoms with van der Waals surface area (Å²) in [6.07, 6.45) is 2.49. The van der Waals surface area contributed by atoms with Crippen LogP contribution in [-0.4, -0.2) is 34.2 Å². The fourth-order valence-corrected chi connectivity index (χ4v) is 2.69. The molecule has 1 fully saturated rings. The van der Waals surface area contributed by atoms with E-state index in [4.69, 9.17) is 0 Å². The highest BCUT2D eigenvalue weighted by Gasteiger charge is 2.28. The monoisotopic (exact) mass is 392 g/mol. The molecule has 0 radical (unpaired) electrons. The summed E-state index contributed by atoms with van der Waals surface area (Å²) < 4.78 is 29.0. The Morgan fingerprint density at radius 1 is 1.44 bits per heavy atom. The Morgan fingerprint density at radius 3 is 2.76 bits per heavy atom. The number of imidazole rings is 1. The van der Waals surface area contributed by atoms with Crippen molar-refractivity contribution in [2.45, 2.75) is 32.1 Å². The van der Waals surface area contributed by atoms with Crippen LogP contribution in [0.25, 0.3) is 5.69 Å². The Kier molecular flexibility index (Phi) is 7.79. The molecule has 0 bridgehead atoms. The van der Waals surface area contributed by atoms with E-state index in [0.29, 0.717) is 17.1 Å². The number of nitrogens with one attached hydrogen (secondary N) is 2. The molecule has 2 N–H and O–H groups in total. The van der Waals surface area contributed by atoms with Crippen LogP contribution >= 0.6 is 24.8 Å². The Morgan fingerprint density at radius 2 is 2.20 bits per heavy atom. The first-order valence-electron chi connectivity index (χ1n) is 7.48. The van der Waals surface area contributed by atoms with E-state index in [1.54, 1.807) is 36.0 Å². The summed E-state index contributed by atoms with van der Waals surface area (Å²) in [5.41, 5.74) is 1.06. The quantitative estimate of drug-likeness (QED) is 0.839. The molecule has 1 aliphatic heterocycles. The van der Waals surface area contributed by atoms with Crippen LogP contribution in [-0.2, 0) is 11.3 Å². The molecule has 1 saturated heterocycles. The number of carbonyl (C=O) groups excluding carboxylic acids is 1. The average molecular weight is 393 g/mol. The summed E-state index contributed by atoms with van der Waals surface area (Å²) in [6.45, 7) is 2.19. The predicted octanol–water partition coefficient (Wildman–Crippen LogP) is 2.48. The maximum atomic E-state index is 14.2. The molecule has 2 aromatic rings. The molecule has 0 spiro atoms. The number of rotatable bonds is 4. The summed E-state index contributed by atoms with van der Waals surface area (Å²) in [4.78, 5) is 16.0. The van der Waals surface area contributed by atoms with Crippen molar-refractivity contribution in [3.8, 4) is 5.69 Å². The summed E-state index contributed by atoms with van der Waals surface area (Å²) in [6, 6.07) is 4.27. The Hall–Kier alpha value is -1.70. The third-order valence-electron chi connectivity index (χ3n) is 3.96. The van der Waals surface area contributed by atoms with Gasteiger partial charge in [0.15, 0.2) is 0 Å². The van der Waals surface area contributed by atoms with Gasteiger partial charge < -0.3 is 15.2 Å². The lowest BCUT2D eigenvalue weighted by Crippen LogP contribution is -2.40. The molecular formula is C16H20Cl2F2N4O. The first-order valence-corrected chi connectivity index (χ1v) is 7.48. The molecule has 138 valence electrons.